The molecule has 2 amide bonds. The predicted octanol–water partition coefficient (Wildman–Crippen LogP) is 0.913. The number of fused-ring (bicyclic) bond motifs is 1. The number of hydrazine groups is 1. The van der Waals surface area contributed by atoms with E-state index in [1.54, 1.807) is 24.3 Å². The van der Waals surface area contributed by atoms with E-state index in [1.165, 1.54) is 25.2 Å². The van der Waals surface area contributed by atoms with Crippen LogP contribution in [0.2, 0.25) is 0 Å². The van der Waals surface area contributed by atoms with E-state index in [0.29, 0.717) is 10.8 Å². The van der Waals surface area contributed by atoms with E-state index >= 15 is 0 Å². The highest BCUT2D eigenvalue weighted by atomic mass is 19.1. The number of nitrogens with zero attached hydrogens (tertiary/aromatic N) is 2. The molecule has 8 nitrogen and oxygen atoms in total. The SMILES string of the molecule is Cn1nc(C(=O)NNC(=O)COc2cccc(F)c2)c2ccccc2c1=O. The topological polar surface area (TPSA) is 102 Å². The average molecular weight is 370 g/mol. The fraction of sp³-hybridized carbons (Fsp3) is 0.111. The van der Waals surface area contributed by atoms with Gasteiger partial charge < -0.3 is 4.74 Å². The van der Waals surface area contributed by atoms with Crippen molar-refractivity contribution in [1.82, 2.24) is 20.6 Å². The van der Waals surface area contributed by atoms with Gasteiger partial charge in [0.2, 0.25) is 0 Å². The third-order valence-corrected chi connectivity index (χ3v) is 3.65. The molecule has 0 aliphatic rings. The van der Waals surface area contributed by atoms with Gasteiger partial charge in [0, 0.05) is 18.5 Å². The van der Waals surface area contributed by atoms with E-state index in [1.807, 2.05) is 0 Å². The summed E-state index contributed by atoms with van der Waals surface area (Å²) in [6.07, 6.45) is 0. The number of amides is 2. The summed E-state index contributed by atoms with van der Waals surface area (Å²) in [6.45, 7) is -0.425. The van der Waals surface area contributed by atoms with Gasteiger partial charge in [-0.2, -0.15) is 5.10 Å². The number of aryl methyl sites for hydroxylation is 1. The van der Waals surface area contributed by atoms with E-state index in [-0.39, 0.29) is 17.0 Å². The highest BCUT2D eigenvalue weighted by Crippen LogP contribution is 2.13. The van der Waals surface area contributed by atoms with Gasteiger partial charge in [0.1, 0.15) is 11.6 Å². The molecule has 0 unspecified atom stereocenters. The summed E-state index contributed by atoms with van der Waals surface area (Å²) in [5.74, 6) is -1.65. The Hall–Kier alpha value is -3.75. The van der Waals surface area contributed by atoms with Crippen molar-refractivity contribution in [1.29, 1.82) is 0 Å². The summed E-state index contributed by atoms with van der Waals surface area (Å²) < 4.78 is 19.2. The molecule has 0 saturated heterocycles. The summed E-state index contributed by atoms with van der Waals surface area (Å²) in [5.41, 5.74) is 4.04. The Morgan fingerprint density at radius 3 is 2.59 bits per heavy atom. The molecule has 9 heteroatoms. The number of rotatable bonds is 4. The number of carbonyl (C=O) groups excluding carboxylic acids is 2. The second-order valence-electron chi connectivity index (χ2n) is 5.57. The summed E-state index contributed by atoms with van der Waals surface area (Å²) in [7, 11) is 1.43. The van der Waals surface area contributed by atoms with Crippen LogP contribution in [0.5, 0.6) is 5.75 Å². The van der Waals surface area contributed by atoms with Crippen LogP contribution in [0, 0.1) is 5.82 Å². The lowest BCUT2D eigenvalue weighted by molar-refractivity contribution is -0.123. The fourth-order valence-electron chi connectivity index (χ4n) is 2.39. The van der Waals surface area contributed by atoms with Crippen LogP contribution in [0.25, 0.3) is 10.8 Å². The number of hydrogen-bond acceptors (Lipinski definition) is 5. The van der Waals surface area contributed by atoms with Gasteiger partial charge >= 0.3 is 0 Å². The predicted molar refractivity (Wildman–Crippen MR) is 94.5 cm³/mol. The van der Waals surface area contributed by atoms with E-state index in [9.17, 15) is 18.8 Å². The monoisotopic (exact) mass is 370 g/mol. The van der Waals surface area contributed by atoms with Crippen LogP contribution in [0.3, 0.4) is 0 Å². The molecule has 138 valence electrons. The van der Waals surface area contributed by atoms with E-state index in [4.69, 9.17) is 4.74 Å². The number of benzene rings is 2. The molecule has 0 saturated carbocycles. The summed E-state index contributed by atoms with van der Waals surface area (Å²) in [4.78, 5) is 36.2. The Kier molecular flexibility index (Phi) is 5.11. The molecule has 1 heterocycles. The first-order valence-electron chi connectivity index (χ1n) is 7.89. The molecule has 0 radical (unpaired) electrons. The van der Waals surface area contributed by atoms with Gasteiger partial charge in [-0.15, -0.1) is 0 Å². The van der Waals surface area contributed by atoms with Crippen molar-refractivity contribution in [3.63, 3.8) is 0 Å². The number of nitrogens with one attached hydrogen (secondary N) is 2. The molecule has 0 fully saturated rings. The molecule has 0 bridgehead atoms. The van der Waals surface area contributed by atoms with Gasteiger partial charge in [0.25, 0.3) is 17.4 Å². The quantitative estimate of drug-likeness (QED) is 0.665. The lowest BCUT2D eigenvalue weighted by atomic mass is 10.1. The first kappa shape index (κ1) is 18.1. The van der Waals surface area contributed by atoms with E-state index in [2.05, 4.69) is 16.0 Å². The molecule has 3 rings (SSSR count). The standard InChI is InChI=1S/C18H15FN4O4/c1-23-18(26)14-8-3-2-7-13(14)16(22-23)17(25)21-20-15(24)10-27-12-6-4-5-11(19)9-12/h2-9H,10H2,1H3,(H,20,24)(H,21,25). The third kappa shape index (κ3) is 4.09. The molecule has 27 heavy (non-hydrogen) atoms. The summed E-state index contributed by atoms with van der Waals surface area (Å²) >= 11 is 0. The van der Waals surface area contributed by atoms with Crippen LogP contribution in [0.4, 0.5) is 4.39 Å². The van der Waals surface area contributed by atoms with Crippen molar-refractivity contribution in [2.24, 2.45) is 7.05 Å². The zero-order valence-corrected chi connectivity index (χ0v) is 14.2. The Labute approximate surface area is 152 Å². The van der Waals surface area contributed by atoms with E-state index < -0.39 is 24.2 Å². The van der Waals surface area contributed by atoms with Gasteiger partial charge in [0.05, 0.1) is 5.39 Å². The number of hydrogen-bond donors (Lipinski definition) is 2. The average Bonchev–Trinajstić information content (AvgIpc) is 2.67. The maximum Gasteiger partial charge on any atom is 0.290 e. The zero-order chi connectivity index (χ0) is 19.4. The highest BCUT2D eigenvalue weighted by molar-refractivity contribution is 6.05. The molecule has 1 aromatic heterocycles. The van der Waals surface area contributed by atoms with Gasteiger partial charge in [-0.1, -0.05) is 24.3 Å². The van der Waals surface area contributed by atoms with Crippen molar-refractivity contribution >= 4 is 22.6 Å². The molecule has 2 aromatic carbocycles. The Morgan fingerprint density at radius 1 is 1.11 bits per heavy atom. The third-order valence-electron chi connectivity index (χ3n) is 3.65. The number of aromatic nitrogens is 2. The minimum absolute atomic E-state index is 0.0148. The maximum atomic E-state index is 13.1. The van der Waals surface area contributed by atoms with Crippen LogP contribution in [0.15, 0.2) is 53.3 Å². The lowest BCUT2D eigenvalue weighted by Gasteiger charge is -2.10. The van der Waals surface area contributed by atoms with Crippen LogP contribution in [0.1, 0.15) is 10.5 Å². The zero-order valence-electron chi connectivity index (χ0n) is 14.2. The molecular weight excluding hydrogens is 355 g/mol. The largest absolute Gasteiger partial charge is 0.484 e. The van der Waals surface area contributed by atoms with Gasteiger partial charge in [-0.05, 0) is 18.2 Å². The Morgan fingerprint density at radius 2 is 1.85 bits per heavy atom. The Balaban J connectivity index is 1.66. The van der Waals surface area contributed by atoms with Crippen LogP contribution < -0.4 is 21.1 Å². The minimum atomic E-state index is -0.694. The molecule has 0 atom stereocenters. The normalized spacial score (nSPS) is 10.4. The molecule has 0 aliphatic heterocycles. The maximum absolute atomic E-state index is 13.1. The van der Waals surface area contributed by atoms with Crippen LogP contribution in [-0.2, 0) is 11.8 Å². The fourth-order valence-corrected chi connectivity index (χ4v) is 2.39. The van der Waals surface area contributed by atoms with Crippen molar-refractivity contribution in [2.45, 2.75) is 0 Å². The molecule has 0 aliphatic carbocycles. The summed E-state index contributed by atoms with van der Waals surface area (Å²) in [5, 5.41) is 4.65. The van der Waals surface area contributed by atoms with Crippen molar-refractivity contribution in [3.8, 4) is 5.75 Å². The molecule has 3 aromatic rings. The highest BCUT2D eigenvalue weighted by Gasteiger charge is 2.16. The molecule has 2 N–H and O–H groups in total. The second kappa shape index (κ2) is 7.65. The smallest absolute Gasteiger partial charge is 0.290 e. The van der Waals surface area contributed by atoms with Crippen LogP contribution in [-0.4, -0.2) is 28.2 Å². The number of ether oxygens (including phenoxy) is 1. The minimum Gasteiger partial charge on any atom is -0.484 e. The first-order chi connectivity index (χ1) is 13.0. The first-order valence-corrected chi connectivity index (χ1v) is 7.89. The van der Waals surface area contributed by atoms with Gasteiger partial charge in [0.15, 0.2) is 12.3 Å². The van der Waals surface area contributed by atoms with Crippen molar-refractivity contribution in [3.05, 3.63) is 70.4 Å². The van der Waals surface area contributed by atoms with E-state index in [0.717, 1.165) is 10.7 Å². The van der Waals surface area contributed by atoms with Gasteiger partial charge in [-0.3, -0.25) is 25.2 Å². The van der Waals surface area contributed by atoms with Crippen molar-refractivity contribution in [2.75, 3.05) is 6.61 Å². The number of carbonyl (C=O) groups is 2. The molecule has 0 spiro atoms. The summed E-state index contributed by atoms with van der Waals surface area (Å²) in [6, 6.07) is 11.8. The second-order valence-corrected chi connectivity index (χ2v) is 5.57. The van der Waals surface area contributed by atoms with Gasteiger partial charge in [-0.25, -0.2) is 9.07 Å². The van der Waals surface area contributed by atoms with Crippen molar-refractivity contribution < 1.29 is 18.7 Å². The Bertz CT molecular complexity index is 1080. The lowest BCUT2D eigenvalue weighted by Crippen LogP contribution is -2.44. The number of halogens is 1. The molecular formula is C18H15FN4O4. The van der Waals surface area contributed by atoms with Crippen LogP contribution >= 0.6 is 0 Å².